The van der Waals surface area contributed by atoms with Gasteiger partial charge in [0, 0.05) is 31.9 Å². The van der Waals surface area contributed by atoms with E-state index in [9.17, 15) is 5.11 Å². The fraction of sp³-hybridized carbons (Fsp3) is 0.368. The van der Waals surface area contributed by atoms with Crippen molar-refractivity contribution in [2.45, 2.75) is 12.8 Å². The molecular weight excluding hydrogens is 343 g/mol. The van der Waals surface area contributed by atoms with Crippen LogP contribution in [0.2, 0.25) is 10.0 Å². The Kier molecular flexibility index (Phi) is 5.88. The van der Waals surface area contributed by atoms with Gasteiger partial charge in [-0.25, -0.2) is 0 Å². The fourth-order valence-electron chi connectivity index (χ4n) is 3.10. The Morgan fingerprint density at radius 3 is 2.25 bits per heavy atom. The highest BCUT2D eigenvalue weighted by Crippen LogP contribution is 2.23. The van der Waals surface area contributed by atoms with Crippen molar-refractivity contribution in [3.63, 3.8) is 0 Å². The van der Waals surface area contributed by atoms with Gasteiger partial charge in [0.15, 0.2) is 0 Å². The van der Waals surface area contributed by atoms with E-state index in [1.165, 1.54) is 11.3 Å². The van der Waals surface area contributed by atoms with E-state index in [0.717, 1.165) is 45.6 Å². The highest BCUT2D eigenvalue weighted by atomic mass is 35.5. The SMILES string of the molecule is Oc1ccc(N2CCN(CCCc3ccc(Cl)c(Cl)c3)CC2)cc1. The first-order valence-corrected chi connectivity index (χ1v) is 9.08. The lowest BCUT2D eigenvalue weighted by Gasteiger charge is -2.36. The van der Waals surface area contributed by atoms with E-state index in [-0.39, 0.29) is 0 Å². The Morgan fingerprint density at radius 1 is 0.875 bits per heavy atom. The smallest absolute Gasteiger partial charge is 0.115 e. The zero-order valence-electron chi connectivity index (χ0n) is 13.6. The lowest BCUT2D eigenvalue weighted by atomic mass is 10.1. The molecule has 1 fully saturated rings. The summed E-state index contributed by atoms with van der Waals surface area (Å²) in [6, 6.07) is 13.3. The minimum Gasteiger partial charge on any atom is -0.508 e. The zero-order chi connectivity index (χ0) is 16.9. The van der Waals surface area contributed by atoms with Gasteiger partial charge in [-0.2, -0.15) is 0 Å². The van der Waals surface area contributed by atoms with Crippen molar-refractivity contribution >= 4 is 28.9 Å². The summed E-state index contributed by atoms with van der Waals surface area (Å²) in [5, 5.41) is 10.6. The normalized spacial score (nSPS) is 15.7. The summed E-state index contributed by atoms with van der Waals surface area (Å²) < 4.78 is 0. The summed E-state index contributed by atoms with van der Waals surface area (Å²) in [4.78, 5) is 4.88. The number of aryl methyl sites for hydroxylation is 1. The van der Waals surface area contributed by atoms with Gasteiger partial charge in [0.25, 0.3) is 0 Å². The molecule has 0 saturated carbocycles. The van der Waals surface area contributed by atoms with E-state index in [0.29, 0.717) is 15.8 Å². The van der Waals surface area contributed by atoms with Crippen molar-refractivity contribution in [2.24, 2.45) is 0 Å². The lowest BCUT2D eigenvalue weighted by molar-refractivity contribution is 0.255. The molecule has 2 aromatic carbocycles. The molecule has 0 unspecified atom stereocenters. The molecule has 0 spiro atoms. The van der Waals surface area contributed by atoms with E-state index >= 15 is 0 Å². The molecular formula is C19H22Cl2N2O. The first-order chi connectivity index (χ1) is 11.6. The number of hydrogen-bond acceptors (Lipinski definition) is 3. The van der Waals surface area contributed by atoms with Crippen LogP contribution in [0, 0.1) is 0 Å². The van der Waals surface area contributed by atoms with Gasteiger partial charge in [-0.3, -0.25) is 4.90 Å². The molecule has 2 aromatic rings. The molecule has 0 aliphatic carbocycles. The molecule has 5 heteroatoms. The number of benzene rings is 2. The Bertz CT molecular complexity index is 668. The van der Waals surface area contributed by atoms with Gasteiger partial charge in [0.1, 0.15) is 5.75 Å². The molecule has 1 heterocycles. The van der Waals surface area contributed by atoms with E-state index < -0.39 is 0 Å². The second-order valence-corrected chi connectivity index (χ2v) is 7.01. The molecule has 0 bridgehead atoms. The minimum absolute atomic E-state index is 0.319. The zero-order valence-corrected chi connectivity index (χ0v) is 15.1. The Hall–Kier alpha value is -1.42. The van der Waals surface area contributed by atoms with E-state index in [2.05, 4.69) is 15.9 Å². The van der Waals surface area contributed by atoms with Crippen molar-refractivity contribution in [3.05, 3.63) is 58.1 Å². The van der Waals surface area contributed by atoms with Crippen LogP contribution in [0.5, 0.6) is 5.75 Å². The summed E-state index contributed by atoms with van der Waals surface area (Å²) in [7, 11) is 0. The molecule has 1 aliphatic rings. The molecule has 0 radical (unpaired) electrons. The van der Waals surface area contributed by atoms with Crippen LogP contribution >= 0.6 is 23.2 Å². The van der Waals surface area contributed by atoms with Gasteiger partial charge in [-0.1, -0.05) is 29.3 Å². The highest BCUT2D eigenvalue weighted by Gasteiger charge is 2.16. The fourth-order valence-corrected chi connectivity index (χ4v) is 3.42. The summed E-state index contributed by atoms with van der Waals surface area (Å²) >= 11 is 12.0. The second-order valence-electron chi connectivity index (χ2n) is 6.20. The number of phenolic OH excluding ortho intramolecular Hbond substituents is 1. The van der Waals surface area contributed by atoms with Crippen molar-refractivity contribution in [1.82, 2.24) is 4.90 Å². The topological polar surface area (TPSA) is 26.7 Å². The van der Waals surface area contributed by atoms with Gasteiger partial charge in [0.05, 0.1) is 10.0 Å². The Labute approximate surface area is 153 Å². The van der Waals surface area contributed by atoms with Crippen LogP contribution in [0.15, 0.2) is 42.5 Å². The molecule has 1 aliphatic heterocycles. The Morgan fingerprint density at radius 2 is 1.58 bits per heavy atom. The number of phenols is 1. The molecule has 3 rings (SSSR count). The van der Waals surface area contributed by atoms with Crippen LogP contribution in [0.4, 0.5) is 5.69 Å². The third-order valence-electron chi connectivity index (χ3n) is 4.51. The number of hydrogen-bond donors (Lipinski definition) is 1. The van der Waals surface area contributed by atoms with Crippen molar-refractivity contribution < 1.29 is 5.11 Å². The third kappa shape index (κ3) is 4.56. The number of anilines is 1. The van der Waals surface area contributed by atoms with Crippen LogP contribution in [0.25, 0.3) is 0 Å². The molecule has 1 N–H and O–H groups in total. The first-order valence-electron chi connectivity index (χ1n) is 8.32. The van der Waals surface area contributed by atoms with Crippen molar-refractivity contribution in [1.29, 1.82) is 0 Å². The first kappa shape index (κ1) is 17.4. The number of piperazine rings is 1. The van der Waals surface area contributed by atoms with Crippen LogP contribution in [-0.2, 0) is 6.42 Å². The van der Waals surface area contributed by atoms with Crippen molar-refractivity contribution in [3.8, 4) is 5.75 Å². The van der Waals surface area contributed by atoms with Crippen LogP contribution in [-0.4, -0.2) is 42.7 Å². The van der Waals surface area contributed by atoms with Gasteiger partial charge >= 0.3 is 0 Å². The van der Waals surface area contributed by atoms with Crippen LogP contribution in [0.1, 0.15) is 12.0 Å². The van der Waals surface area contributed by atoms with Gasteiger partial charge in [0.2, 0.25) is 0 Å². The molecule has 0 amide bonds. The molecule has 1 saturated heterocycles. The number of halogens is 2. The predicted octanol–water partition coefficient (Wildman–Crippen LogP) is 4.45. The number of nitrogens with zero attached hydrogens (tertiary/aromatic N) is 2. The monoisotopic (exact) mass is 364 g/mol. The van der Waals surface area contributed by atoms with Gasteiger partial charge in [-0.15, -0.1) is 0 Å². The van der Waals surface area contributed by atoms with E-state index in [1.807, 2.05) is 24.3 Å². The maximum atomic E-state index is 9.38. The molecule has 128 valence electrons. The Balaban J connectivity index is 1.42. The van der Waals surface area contributed by atoms with Crippen molar-refractivity contribution in [2.75, 3.05) is 37.6 Å². The maximum absolute atomic E-state index is 9.38. The van der Waals surface area contributed by atoms with Crippen LogP contribution < -0.4 is 4.90 Å². The van der Waals surface area contributed by atoms with Crippen LogP contribution in [0.3, 0.4) is 0 Å². The number of aromatic hydroxyl groups is 1. The molecule has 24 heavy (non-hydrogen) atoms. The minimum atomic E-state index is 0.319. The van der Waals surface area contributed by atoms with Gasteiger partial charge < -0.3 is 10.0 Å². The summed E-state index contributed by atoms with van der Waals surface area (Å²) in [6.07, 6.45) is 2.15. The lowest BCUT2D eigenvalue weighted by Crippen LogP contribution is -2.46. The summed E-state index contributed by atoms with van der Waals surface area (Å²) in [5.41, 5.74) is 2.43. The summed E-state index contributed by atoms with van der Waals surface area (Å²) in [6.45, 7) is 5.29. The van der Waals surface area contributed by atoms with E-state index in [4.69, 9.17) is 23.2 Å². The maximum Gasteiger partial charge on any atom is 0.115 e. The average molecular weight is 365 g/mol. The average Bonchev–Trinajstić information content (AvgIpc) is 2.59. The highest BCUT2D eigenvalue weighted by molar-refractivity contribution is 6.42. The van der Waals surface area contributed by atoms with E-state index in [1.54, 1.807) is 12.1 Å². The molecule has 3 nitrogen and oxygen atoms in total. The second kappa shape index (κ2) is 8.11. The molecule has 0 atom stereocenters. The predicted molar refractivity (Wildman–Crippen MR) is 102 cm³/mol. The standard InChI is InChI=1S/C19H22Cl2N2O/c20-18-8-3-15(14-19(18)21)2-1-9-22-10-12-23(13-11-22)16-4-6-17(24)7-5-16/h3-8,14,24H,1-2,9-13H2. The summed E-state index contributed by atoms with van der Waals surface area (Å²) in [5.74, 6) is 0.319. The largest absolute Gasteiger partial charge is 0.508 e. The number of rotatable bonds is 5. The quantitative estimate of drug-likeness (QED) is 0.848. The molecule has 0 aromatic heterocycles. The third-order valence-corrected chi connectivity index (χ3v) is 5.25. The van der Waals surface area contributed by atoms with Gasteiger partial charge in [-0.05, 0) is 61.3 Å².